The van der Waals surface area contributed by atoms with Crippen LogP contribution < -0.4 is 19.5 Å². The van der Waals surface area contributed by atoms with E-state index in [9.17, 15) is 8.42 Å². The molecule has 0 bridgehead atoms. The lowest BCUT2D eigenvalue weighted by Gasteiger charge is -2.38. The van der Waals surface area contributed by atoms with Crippen LogP contribution in [0.1, 0.15) is 42.0 Å². The molecule has 3 aromatic carbocycles. The molecule has 35 heavy (non-hydrogen) atoms. The maximum Gasteiger partial charge on any atom is 0.261 e. The van der Waals surface area contributed by atoms with Gasteiger partial charge in [0.1, 0.15) is 0 Å². The topological polar surface area (TPSA) is 76.7 Å². The molecule has 0 fully saturated rings. The smallest absolute Gasteiger partial charge is 0.261 e. The number of aryl methyl sites for hydroxylation is 1. The number of rotatable bonds is 7. The average molecular weight is 491 g/mol. The minimum Gasteiger partial charge on any atom is -0.493 e. The molecule has 0 spiro atoms. The fourth-order valence-corrected chi connectivity index (χ4v) is 6.47. The van der Waals surface area contributed by atoms with E-state index in [0.717, 1.165) is 41.0 Å². The first kappa shape index (κ1) is 23.3. The van der Waals surface area contributed by atoms with E-state index in [2.05, 4.69) is 28.3 Å². The second-order valence-corrected chi connectivity index (χ2v) is 10.6. The molecule has 3 atom stereocenters. The number of ether oxygens (including phenoxy) is 2. The molecular weight excluding hydrogens is 460 g/mol. The third-order valence-corrected chi connectivity index (χ3v) is 8.42. The summed E-state index contributed by atoms with van der Waals surface area (Å²) in [6.07, 6.45) is 6.01. The molecular formula is C28H30N2O4S. The number of hydrogen-bond acceptors (Lipinski definition) is 5. The van der Waals surface area contributed by atoms with Crippen molar-refractivity contribution in [2.75, 3.05) is 24.3 Å². The summed E-state index contributed by atoms with van der Waals surface area (Å²) in [5, 5.41) is 3.67. The van der Waals surface area contributed by atoms with Gasteiger partial charge in [0, 0.05) is 17.2 Å². The Bertz CT molecular complexity index is 1380. The second-order valence-electron chi connectivity index (χ2n) is 8.92. The van der Waals surface area contributed by atoms with Crippen LogP contribution in [0.5, 0.6) is 11.5 Å². The molecule has 0 unspecified atom stereocenters. The van der Waals surface area contributed by atoms with Crippen molar-refractivity contribution in [2.45, 2.75) is 36.6 Å². The van der Waals surface area contributed by atoms with Gasteiger partial charge in [0.05, 0.1) is 30.8 Å². The summed E-state index contributed by atoms with van der Waals surface area (Å²) in [6.45, 7) is 2.01. The third kappa shape index (κ3) is 4.14. The van der Waals surface area contributed by atoms with Crippen LogP contribution in [0.15, 0.2) is 77.7 Å². The number of para-hydroxylation sites is 2. The predicted molar refractivity (Wildman–Crippen MR) is 139 cm³/mol. The van der Waals surface area contributed by atoms with E-state index in [-0.39, 0.29) is 22.8 Å². The highest BCUT2D eigenvalue weighted by Crippen LogP contribution is 2.52. The van der Waals surface area contributed by atoms with Crippen LogP contribution in [0, 0.1) is 5.92 Å². The van der Waals surface area contributed by atoms with Gasteiger partial charge in [-0.05, 0) is 60.2 Å². The first-order chi connectivity index (χ1) is 17.0. The highest BCUT2D eigenvalue weighted by molar-refractivity contribution is 7.92. The van der Waals surface area contributed by atoms with E-state index in [0.29, 0.717) is 11.4 Å². The molecule has 0 amide bonds. The lowest BCUT2D eigenvalue weighted by molar-refractivity contribution is 0.341. The van der Waals surface area contributed by atoms with E-state index in [1.54, 1.807) is 26.4 Å². The predicted octanol–water partition coefficient (Wildman–Crippen LogP) is 5.89. The highest BCUT2D eigenvalue weighted by Gasteiger charge is 2.40. The Morgan fingerprint density at radius 1 is 1.00 bits per heavy atom. The molecule has 5 rings (SSSR count). The molecule has 6 nitrogen and oxygen atoms in total. The molecule has 0 aromatic heterocycles. The monoisotopic (exact) mass is 490 g/mol. The fraction of sp³-hybridized carbons (Fsp3) is 0.286. The maximum absolute atomic E-state index is 13.3. The molecule has 0 saturated carbocycles. The number of anilines is 2. The second kappa shape index (κ2) is 9.30. The summed E-state index contributed by atoms with van der Waals surface area (Å²) in [7, 11) is -0.437. The van der Waals surface area contributed by atoms with Crippen LogP contribution in [0.3, 0.4) is 0 Å². The number of allylic oxidation sites excluding steroid dienone is 2. The van der Waals surface area contributed by atoms with E-state index in [4.69, 9.17) is 9.47 Å². The van der Waals surface area contributed by atoms with Gasteiger partial charge < -0.3 is 14.8 Å². The van der Waals surface area contributed by atoms with Crippen molar-refractivity contribution in [3.05, 3.63) is 89.5 Å². The summed E-state index contributed by atoms with van der Waals surface area (Å²) < 4.78 is 40.6. The number of sulfonamides is 1. The van der Waals surface area contributed by atoms with Gasteiger partial charge in [0.25, 0.3) is 10.0 Å². The van der Waals surface area contributed by atoms with Crippen LogP contribution in [0.2, 0.25) is 0 Å². The van der Waals surface area contributed by atoms with Crippen LogP contribution in [-0.4, -0.2) is 22.6 Å². The fourth-order valence-electron chi connectivity index (χ4n) is 5.34. The van der Waals surface area contributed by atoms with Crippen LogP contribution in [-0.2, 0) is 16.4 Å². The summed E-state index contributed by atoms with van der Waals surface area (Å²) in [5.41, 5.74) is 4.54. The molecule has 1 aliphatic heterocycles. The Morgan fingerprint density at radius 3 is 2.60 bits per heavy atom. The van der Waals surface area contributed by atoms with Crippen molar-refractivity contribution in [1.82, 2.24) is 0 Å². The minimum absolute atomic E-state index is 0.00423. The number of nitrogens with one attached hydrogen (secondary N) is 2. The van der Waals surface area contributed by atoms with Gasteiger partial charge in [0.2, 0.25) is 0 Å². The summed E-state index contributed by atoms with van der Waals surface area (Å²) in [5.74, 6) is 1.75. The van der Waals surface area contributed by atoms with Crippen molar-refractivity contribution in [1.29, 1.82) is 0 Å². The molecule has 3 aromatic rings. The van der Waals surface area contributed by atoms with Crippen LogP contribution >= 0.6 is 0 Å². The Balaban J connectivity index is 1.51. The Morgan fingerprint density at radius 2 is 1.83 bits per heavy atom. The molecule has 2 N–H and O–H groups in total. The molecule has 0 saturated heterocycles. The molecule has 2 aliphatic rings. The van der Waals surface area contributed by atoms with E-state index in [1.165, 1.54) is 0 Å². The van der Waals surface area contributed by atoms with Gasteiger partial charge in [-0.1, -0.05) is 49.4 Å². The highest BCUT2D eigenvalue weighted by atomic mass is 32.2. The Labute approximate surface area is 207 Å². The minimum atomic E-state index is -3.73. The van der Waals surface area contributed by atoms with Gasteiger partial charge in [-0.3, -0.25) is 4.72 Å². The first-order valence-corrected chi connectivity index (χ1v) is 13.3. The van der Waals surface area contributed by atoms with Gasteiger partial charge in [-0.2, -0.15) is 0 Å². The van der Waals surface area contributed by atoms with Crippen molar-refractivity contribution in [3.8, 4) is 11.5 Å². The lowest BCUT2D eigenvalue weighted by atomic mass is 9.77. The summed E-state index contributed by atoms with van der Waals surface area (Å²) in [4.78, 5) is 0.264. The van der Waals surface area contributed by atoms with Gasteiger partial charge >= 0.3 is 0 Å². The van der Waals surface area contributed by atoms with Crippen molar-refractivity contribution >= 4 is 21.4 Å². The molecule has 7 heteroatoms. The molecule has 1 aliphatic carbocycles. The molecule has 0 radical (unpaired) electrons. The SMILES string of the molecule is CCc1ccccc1NS(=O)(=O)c1ccc2c(c1)[C@H]1C=CC[C@H]1[C@@H](c1cccc(OC)c1OC)N2. The standard InChI is InChI=1S/C28H30N2O4S/c1-4-18-9-5-6-13-24(18)30-35(31,32)19-15-16-25-23(17-19)20-10-7-11-21(20)27(29-25)22-12-8-14-26(33-2)28(22)34-3/h5-10,12-17,20-21,27,29-30H,4,11H2,1-3H3/t20-,21+,27-/m0/s1. The summed E-state index contributed by atoms with van der Waals surface area (Å²) in [6, 6.07) is 18.8. The molecule has 1 heterocycles. The number of fused-ring (bicyclic) bond motifs is 3. The number of hydrogen-bond donors (Lipinski definition) is 2. The average Bonchev–Trinajstić information content (AvgIpc) is 3.38. The van der Waals surface area contributed by atoms with Gasteiger partial charge in [-0.25, -0.2) is 8.42 Å². The Kier molecular flexibility index (Phi) is 6.19. The quantitative estimate of drug-likeness (QED) is 0.404. The zero-order valence-corrected chi connectivity index (χ0v) is 20.9. The summed E-state index contributed by atoms with van der Waals surface area (Å²) >= 11 is 0. The van der Waals surface area contributed by atoms with Crippen molar-refractivity contribution < 1.29 is 17.9 Å². The number of methoxy groups -OCH3 is 2. The van der Waals surface area contributed by atoms with E-state index >= 15 is 0 Å². The zero-order valence-electron chi connectivity index (χ0n) is 20.1. The van der Waals surface area contributed by atoms with Crippen LogP contribution in [0.4, 0.5) is 11.4 Å². The molecule has 182 valence electrons. The van der Waals surface area contributed by atoms with Crippen molar-refractivity contribution in [2.24, 2.45) is 5.92 Å². The largest absolute Gasteiger partial charge is 0.493 e. The van der Waals surface area contributed by atoms with Gasteiger partial charge in [-0.15, -0.1) is 0 Å². The Hall–Kier alpha value is -3.45. The normalized spacial score (nSPS) is 20.5. The maximum atomic E-state index is 13.3. The van der Waals surface area contributed by atoms with Gasteiger partial charge in [0.15, 0.2) is 11.5 Å². The lowest BCUT2D eigenvalue weighted by Crippen LogP contribution is -2.29. The first-order valence-electron chi connectivity index (χ1n) is 11.9. The van der Waals surface area contributed by atoms with E-state index < -0.39 is 10.0 Å². The number of benzene rings is 3. The zero-order chi connectivity index (χ0) is 24.6. The van der Waals surface area contributed by atoms with E-state index in [1.807, 2.05) is 49.4 Å². The van der Waals surface area contributed by atoms with Crippen LogP contribution in [0.25, 0.3) is 0 Å². The van der Waals surface area contributed by atoms with Crippen molar-refractivity contribution in [3.63, 3.8) is 0 Å². The third-order valence-electron chi connectivity index (χ3n) is 7.06.